The summed E-state index contributed by atoms with van der Waals surface area (Å²) in [6.45, 7) is 0.594. The van der Waals surface area contributed by atoms with Gasteiger partial charge in [-0.15, -0.1) is 0 Å². The Bertz CT molecular complexity index is 501. The molecule has 0 bridgehead atoms. The van der Waals surface area contributed by atoms with Crippen LogP contribution in [0.4, 0.5) is 5.69 Å². The van der Waals surface area contributed by atoms with E-state index >= 15 is 0 Å². The van der Waals surface area contributed by atoms with E-state index in [1.165, 1.54) is 0 Å². The highest BCUT2D eigenvalue weighted by Gasteiger charge is 1.97. The zero-order valence-electron chi connectivity index (χ0n) is 9.51. The van der Waals surface area contributed by atoms with E-state index in [9.17, 15) is 0 Å². The van der Waals surface area contributed by atoms with Gasteiger partial charge in [0.1, 0.15) is 5.84 Å². The van der Waals surface area contributed by atoms with Crippen LogP contribution in [0.3, 0.4) is 0 Å². The quantitative estimate of drug-likeness (QED) is 0.477. The first kappa shape index (κ1) is 11.2. The average molecular weight is 225 g/mol. The van der Waals surface area contributed by atoms with Gasteiger partial charge in [0, 0.05) is 11.3 Å². The smallest absolute Gasteiger partial charge is 0.125 e. The molecule has 0 spiro atoms. The summed E-state index contributed by atoms with van der Waals surface area (Å²) >= 11 is 0. The molecular weight excluding hydrogens is 210 g/mol. The third-order valence-electron chi connectivity index (χ3n) is 2.48. The molecule has 4 N–H and O–H groups in total. The van der Waals surface area contributed by atoms with Gasteiger partial charge < -0.3 is 11.5 Å². The third-order valence-corrected chi connectivity index (χ3v) is 2.48. The van der Waals surface area contributed by atoms with Crippen LogP contribution in [-0.4, -0.2) is 5.84 Å². The summed E-state index contributed by atoms with van der Waals surface area (Å²) in [6, 6.07) is 17.4. The lowest BCUT2D eigenvalue weighted by Crippen LogP contribution is -2.13. The molecule has 2 aromatic rings. The van der Waals surface area contributed by atoms with Gasteiger partial charge in [-0.2, -0.15) is 0 Å². The second-order valence-corrected chi connectivity index (χ2v) is 3.81. The molecule has 0 aliphatic carbocycles. The molecule has 86 valence electrons. The van der Waals surface area contributed by atoms with Crippen LogP contribution in [0.5, 0.6) is 0 Å². The largest absolute Gasteiger partial charge is 0.399 e. The van der Waals surface area contributed by atoms with Crippen LogP contribution in [0.25, 0.3) is 0 Å². The van der Waals surface area contributed by atoms with E-state index in [1.54, 1.807) is 0 Å². The summed E-state index contributed by atoms with van der Waals surface area (Å²) in [7, 11) is 0. The predicted octanol–water partition coefficient (Wildman–Crippen LogP) is 2.17. The molecule has 0 aliphatic rings. The zero-order chi connectivity index (χ0) is 12.1. The van der Waals surface area contributed by atoms with E-state index in [-0.39, 0.29) is 0 Å². The number of hydrogen-bond acceptors (Lipinski definition) is 2. The Hall–Kier alpha value is -2.29. The van der Waals surface area contributed by atoms with Crippen molar-refractivity contribution < 1.29 is 0 Å². The normalized spacial score (nSPS) is 11.4. The standard InChI is InChI=1S/C14H15N3/c15-13-8-6-12(7-9-13)14(16)17-10-11-4-2-1-3-5-11/h1-9H,10,15H2,(H2,16,17). The van der Waals surface area contributed by atoms with Gasteiger partial charge >= 0.3 is 0 Å². The van der Waals surface area contributed by atoms with Crippen LogP contribution in [0, 0.1) is 0 Å². The van der Waals surface area contributed by atoms with Crippen LogP contribution in [0.2, 0.25) is 0 Å². The van der Waals surface area contributed by atoms with Crippen molar-refractivity contribution in [2.45, 2.75) is 6.54 Å². The highest BCUT2D eigenvalue weighted by Crippen LogP contribution is 2.06. The summed E-state index contributed by atoms with van der Waals surface area (Å²) in [4.78, 5) is 4.35. The Labute approximate surface area is 101 Å². The third kappa shape index (κ3) is 3.08. The Kier molecular flexibility index (Phi) is 3.40. The summed E-state index contributed by atoms with van der Waals surface area (Å²) in [5.41, 5.74) is 14.3. The molecule has 17 heavy (non-hydrogen) atoms. The maximum absolute atomic E-state index is 5.90. The SMILES string of the molecule is NC(=NCc1ccccc1)c1ccc(N)cc1. The molecule has 0 atom stereocenters. The van der Waals surface area contributed by atoms with Gasteiger partial charge in [0.15, 0.2) is 0 Å². The molecule has 3 heteroatoms. The van der Waals surface area contributed by atoms with Gasteiger partial charge in [0.2, 0.25) is 0 Å². The van der Waals surface area contributed by atoms with E-state index in [1.807, 2.05) is 54.6 Å². The number of nitrogens with two attached hydrogens (primary N) is 2. The number of amidine groups is 1. The minimum Gasteiger partial charge on any atom is -0.399 e. The number of rotatable bonds is 3. The predicted molar refractivity (Wildman–Crippen MR) is 71.7 cm³/mol. The van der Waals surface area contributed by atoms with Gasteiger partial charge in [-0.3, -0.25) is 4.99 Å². The number of nitrogens with zero attached hydrogens (tertiary/aromatic N) is 1. The molecule has 0 aliphatic heterocycles. The van der Waals surface area contributed by atoms with Crippen molar-refractivity contribution in [1.29, 1.82) is 0 Å². The van der Waals surface area contributed by atoms with Gasteiger partial charge in [-0.25, -0.2) is 0 Å². The molecule has 2 aromatic carbocycles. The van der Waals surface area contributed by atoms with Crippen molar-refractivity contribution in [3.05, 3.63) is 65.7 Å². The fraction of sp³-hybridized carbons (Fsp3) is 0.0714. The lowest BCUT2D eigenvalue weighted by atomic mass is 10.2. The summed E-state index contributed by atoms with van der Waals surface area (Å²) in [5, 5.41) is 0. The highest BCUT2D eigenvalue weighted by molar-refractivity contribution is 5.97. The number of nitrogen functional groups attached to an aromatic ring is 1. The van der Waals surface area contributed by atoms with E-state index in [2.05, 4.69) is 4.99 Å². The molecule has 0 saturated heterocycles. The fourth-order valence-electron chi connectivity index (χ4n) is 1.51. The molecule has 0 aromatic heterocycles. The van der Waals surface area contributed by atoms with Gasteiger partial charge in [-0.1, -0.05) is 30.3 Å². The molecule has 0 unspecified atom stereocenters. The second kappa shape index (κ2) is 5.16. The number of anilines is 1. The Balaban J connectivity index is 2.10. The topological polar surface area (TPSA) is 64.4 Å². The molecule has 0 fully saturated rings. The van der Waals surface area contributed by atoms with E-state index in [4.69, 9.17) is 11.5 Å². The van der Waals surface area contributed by atoms with Crippen molar-refractivity contribution in [1.82, 2.24) is 0 Å². The van der Waals surface area contributed by atoms with E-state index in [0.29, 0.717) is 12.4 Å². The van der Waals surface area contributed by atoms with Crippen molar-refractivity contribution in [2.24, 2.45) is 10.7 Å². The number of hydrogen-bond donors (Lipinski definition) is 2. The van der Waals surface area contributed by atoms with E-state index < -0.39 is 0 Å². The van der Waals surface area contributed by atoms with Gasteiger partial charge in [0.05, 0.1) is 6.54 Å². The maximum atomic E-state index is 5.90. The molecule has 2 rings (SSSR count). The second-order valence-electron chi connectivity index (χ2n) is 3.81. The Morgan fingerprint density at radius 2 is 1.59 bits per heavy atom. The van der Waals surface area contributed by atoms with Crippen LogP contribution in [0.1, 0.15) is 11.1 Å². The van der Waals surface area contributed by atoms with Crippen molar-refractivity contribution in [3.8, 4) is 0 Å². The van der Waals surface area contributed by atoms with Crippen molar-refractivity contribution in [2.75, 3.05) is 5.73 Å². The molecule has 0 heterocycles. The van der Waals surface area contributed by atoms with Crippen LogP contribution < -0.4 is 11.5 Å². The lowest BCUT2D eigenvalue weighted by molar-refractivity contribution is 1.06. The average Bonchev–Trinajstić information content (AvgIpc) is 2.38. The van der Waals surface area contributed by atoms with Gasteiger partial charge in [-0.05, 0) is 29.8 Å². The van der Waals surface area contributed by atoms with Crippen LogP contribution in [0.15, 0.2) is 59.6 Å². The van der Waals surface area contributed by atoms with Crippen molar-refractivity contribution in [3.63, 3.8) is 0 Å². The fourth-order valence-corrected chi connectivity index (χ4v) is 1.51. The van der Waals surface area contributed by atoms with E-state index in [0.717, 1.165) is 16.8 Å². The summed E-state index contributed by atoms with van der Waals surface area (Å²) in [5.74, 6) is 0.536. The molecule has 0 saturated carbocycles. The number of benzene rings is 2. The highest BCUT2D eigenvalue weighted by atomic mass is 14.8. The molecule has 0 amide bonds. The maximum Gasteiger partial charge on any atom is 0.125 e. The first-order valence-corrected chi connectivity index (χ1v) is 5.45. The Morgan fingerprint density at radius 3 is 2.24 bits per heavy atom. The first-order chi connectivity index (χ1) is 8.25. The molecule has 0 radical (unpaired) electrons. The minimum absolute atomic E-state index is 0.536. The first-order valence-electron chi connectivity index (χ1n) is 5.45. The molecule has 3 nitrogen and oxygen atoms in total. The summed E-state index contributed by atoms with van der Waals surface area (Å²) in [6.07, 6.45) is 0. The Morgan fingerprint density at radius 1 is 0.941 bits per heavy atom. The van der Waals surface area contributed by atoms with Gasteiger partial charge in [0.25, 0.3) is 0 Å². The minimum atomic E-state index is 0.536. The summed E-state index contributed by atoms with van der Waals surface area (Å²) < 4.78 is 0. The lowest BCUT2D eigenvalue weighted by Gasteiger charge is -2.02. The van der Waals surface area contributed by atoms with Crippen LogP contribution in [-0.2, 0) is 6.54 Å². The van der Waals surface area contributed by atoms with Crippen molar-refractivity contribution >= 4 is 11.5 Å². The zero-order valence-corrected chi connectivity index (χ0v) is 9.51. The molecular formula is C14H15N3. The number of aliphatic imine (C=N–C) groups is 1. The van der Waals surface area contributed by atoms with Crippen LogP contribution >= 0.6 is 0 Å². The monoisotopic (exact) mass is 225 g/mol.